The first-order valence-electron chi connectivity index (χ1n) is 13.1. The second-order valence-corrected chi connectivity index (χ2v) is 10.1. The minimum Gasteiger partial charge on any atom is -0.481 e. The van der Waals surface area contributed by atoms with Crippen molar-refractivity contribution in [2.24, 2.45) is 5.92 Å². The Balaban J connectivity index is 1.39. The summed E-state index contributed by atoms with van der Waals surface area (Å²) in [4.78, 5) is 28.1. The van der Waals surface area contributed by atoms with Crippen molar-refractivity contribution in [3.8, 4) is 5.75 Å². The van der Waals surface area contributed by atoms with E-state index >= 15 is 0 Å². The average molecular weight is 477 g/mol. The highest BCUT2D eigenvalue weighted by Crippen LogP contribution is 2.41. The molecule has 6 heteroatoms. The Hall–Kier alpha value is -2.86. The van der Waals surface area contributed by atoms with Crippen LogP contribution in [0.15, 0.2) is 42.5 Å². The number of hydrogen-bond acceptors (Lipinski definition) is 4. The molecule has 3 aliphatic rings. The van der Waals surface area contributed by atoms with Crippen LogP contribution in [0, 0.1) is 12.8 Å². The van der Waals surface area contributed by atoms with Crippen molar-refractivity contribution < 1.29 is 19.1 Å². The molecule has 2 aromatic rings. The maximum Gasteiger partial charge on any atom is 0.261 e. The summed E-state index contributed by atoms with van der Waals surface area (Å²) in [6, 6.07) is 14.4. The van der Waals surface area contributed by atoms with Crippen LogP contribution in [0.3, 0.4) is 0 Å². The molecule has 2 amide bonds. The van der Waals surface area contributed by atoms with Gasteiger partial charge in [-0.2, -0.15) is 0 Å². The van der Waals surface area contributed by atoms with Crippen LogP contribution >= 0.6 is 0 Å². The summed E-state index contributed by atoms with van der Waals surface area (Å²) in [6.07, 6.45) is 4.95. The normalized spacial score (nSPS) is 22.4. The van der Waals surface area contributed by atoms with Crippen molar-refractivity contribution in [1.82, 2.24) is 10.2 Å². The van der Waals surface area contributed by atoms with E-state index in [1.165, 1.54) is 11.1 Å². The van der Waals surface area contributed by atoms with E-state index in [2.05, 4.69) is 47.5 Å². The maximum atomic E-state index is 13.2. The molecule has 186 valence electrons. The Labute approximate surface area is 208 Å². The smallest absolute Gasteiger partial charge is 0.261 e. The Morgan fingerprint density at radius 1 is 1.17 bits per heavy atom. The van der Waals surface area contributed by atoms with E-state index in [-0.39, 0.29) is 29.9 Å². The Morgan fingerprint density at radius 2 is 2.03 bits per heavy atom. The fourth-order valence-corrected chi connectivity index (χ4v) is 5.29. The third-order valence-corrected chi connectivity index (χ3v) is 7.38. The van der Waals surface area contributed by atoms with Crippen LogP contribution in [0.5, 0.6) is 5.75 Å². The minimum atomic E-state index is -0.570. The van der Waals surface area contributed by atoms with E-state index in [0.717, 1.165) is 56.4 Å². The topological polar surface area (TPSA) is 67.9 Å². The molecule has 2 aromatic carbocycles. The maximum absolute atomic E-state index is 13.2. The van der Waals surface area contributed by atoms with Gasteiger partial charge in [-0.25, -0.2) is 0 Å². The Morgan fingerprint density at radius 3 is 2.74 bits per heavy atom. The molecule has 2 aliphatic heterocycles. The zero-order chi connectivity index (χ0) is 24.4. The van der Waals surface area contributed by atoms with E-state index in [4.69, 9.17) is 9.47 Å². The minimum absolute atomic E-state index is 0.102. The van der Waals surface area contributed by atoms with Gasteiger partial charge < -0.3 is 19.7 Å². The fourth-order valence-electron chi connectivity index (χ4n) is 5.29. The highest BCUT2D eigenvalue weighted by Gasteiger charge is 2.39. The first-order chi connectivity index (χ1) is 17.0. The highest BCUT2D eigenvalue weighted by molar-refractivity contribution is 5.82. The van der Waals surface area contributed by atoms with Crippen LogP contribution in [-0.4, -0.2) is 48.6 Å². The van der Waals surface area contributed by atoms with Crippen molar-refractivity contribution in [1.29, 1.82) is 0 Å². The fraction of sp³-hybridized carbons (Fsp3) is 0.517. The Bertz CT molecular complexity index is 1070. The quantitative estimate of drug-likeness (QED) is 0.616. The average Bonchev–Trinajstić information content (AvgIpc) is 3.59. The number of ether oxygens (including phenoxy) is 2. The van der Waals surface area contributed by atoms with E-state index < -0.39 is 6.10 Å². The van der Waals surface area contributed by atoms with Crippen molar-refractivity contribution in [3.63, 3.8) is 0 Å². The first kappa shape index (κ1) is 23.9. The molecule has 1 saturated heterocycles. The number of hydrogen-bond donors (Lipinski definition) is 1. The molecule has 0 aromatic heterocycles. The van der Waals surface area contributed by atoms with Crippen LogP contribution in [0.4, 0.5) is 0 Å². The van der Waals surface area contributed by atoms with Crippen molar-refractivity contribution >= 4 is 11.8 Å². The molecule has 1 saturated carbocycles. The number of rotatable bonds is 8. The van der Waals surface area contributed by atoms with Gasteiger partial charge in [-0.15, -0.1) is 0 Å². The molecule has 2 fully saturated rings. The molecule has 0 radical (unpaired) electrons. The SMILES string of the molecule is CC[C@H](Oc1ccc2c(c1)[C@H](c1cccc(C)c1)N(C(=O)C1CC1)CC2)C(=O)NC[C@@H]1CCCO1. The standard InChI is InChI=1S/C29H36N2O4/c1-3-26(28(32)30-18-24-8-5-15-34-24)35-23-12-11-20-13-14-31(29(33)21-9-10-21)27(25(20)17-23)22-7-4-6-19(2)16-22/h4,6-7,11-12,16-17,21,24,26-27H,3,5,8-10,13-15,18H2,1-2H3,(H,30,32)/t24-,26-,27-/m0/s1. The van der Waals surface area contributed by atoms with Crippen molar-refractivity contribution in [2.75, 3.05) is 19.7 Å². The number of carbonyl (C=O) groups excluding carboxylic acids is 2. The van der Waals surface area contributed by atoms with Gasteiger partial charge in [0.2, 0.25) is 5.91 Å². The molecule has 3 atom stereocenters. The summed E-state index contributed by atoms with van der Waals surface area (Å²) in [6.45, 7) is 6.06. The van der Waals surface area contributed by atoms with Gasteiger partial charge in [0, 0.05) is 25.6 Å². The number of aryl methyl sites for hydroxylation is 1. The van der Waals surface area contributed by atoms with E-state index in [1.807, 2.05) is 19.1 Å². The summed E-state index contributed by atoms with van der Waals surface area (Å²) >= 11 is 0. The molecule has 6 nitrogen and oxygen atoms in total. The lowest BCUT2D eigenvalue weighted by Crippen LogP contribution is -2.42. The van der Waals surface area contributed by atoms with E-state index in [1.54, 1.807) is 0 Å². The van der Waals surface area contributed by atoms with Gasteiger partial charge in [-0.05, 0) is 74.3 Å². The molecule has 2 heterocycles. The predicted octanol–water partition coefficient (Wildman–Crippen LogP) is 4.33. The molecule has 1 N–H and O–H groups in total. The molecular formula is C29H36N2O4. The number of carbonyl (C=O) groups is 2. The van der Waals surface area contributed by atoms with Gasteiger partial charge >= 0.3 is 0 Å². The van der Waals surface area contributed by atoms with Gasteiger partial charge in [0.05, 0.1) is 12.1 Å². The lowest BCUT2D eigenvalue weighted by atomic mass is 9.87. The number of benzene rings is 2. The highest BCUT2D eigenvalue weighted by atomic mass is 16.5. The summed E-state index contributed by atoms with van der Waals surface area (Å²) in [5.41, 5.74) is 4.64. The molecule has 35 heavy (non-hydrogen) atoms. The monoisotopic (exact) mass is 476 g/mol. The summed E-state index contributed by atoms with van der Waals surface area (Å²) < 4.78 is 11.8. The Kier molecular flexibility index (Phi) is 7.09. The van der Waals surface area contributed by atoms with Crippen LogP contribution in [-0.2, 0) is 20.7 Å². The molecule has 1 aliphatic carbocycles. The summed E-state index contributed by atoms with van der Waals surface area (Å²) in [5, 5.41) is 3.00. The lowest BCUT2D eigenvalue weighted by Gasteiger charge is -2.38. The summed E-state index contributed by atoms with van der Waals surface area (Å²) in [5.74, 6) is 0.983. The third-order valence-electron chi connectivity index (χ3n) is 7.38. The van der Waals surface area contributed by atoms with Crippen LogP contribution in [0.1, 0.15) is 67.3 Å². The van der Waals surface area contributed by atoms with Gasteiger partial charge in [0.1, 0.15) is 5.75 Å². The second-order valence-electron chi connectivity index (χ2n) is 10.1. The van der Waals surface area contributed by atoms with Crippen molar-refractivity contribution in [3.05, 3.63) is 64.7 Å². The van der Waals surface area contributed by atoms with E-state index in [0.29, 0.717) is 18.7 Å². The zero-order valence-electron chi connectivity index (χ0n) is 20.8. The summed E-state index contributed by atoms with van der Waals surface area (Å²) in [7, 11) is 0. The van der Waals surface area contributed by atoms with Crippen LogP contribution < -0.4 is 10.1 Å². The molecule has 0 bridgehead atoms. The molecule has 5 rings (SSSR count). The largest absolute Gasteiger partial charge is 0.481 e. The van der Waals surface area contributed by atoms with Crippen molar-refractivity contribution in [2.45, 2.75) is 70.6 Å². The second kappa shape index (κ2) is 10.4. The van der Waals surface area contributed by atoms with Crippen LogP contribution in [0.2, 0.25) is 0 Å². The van der Waals surface area contributed by atoms with Gasteiger partial charge in [-0.3, -0.25) is 9.59 Å². The molecule has 0 spiro atoms. The lowest BCUT2D eigenvalue weighted by molar-refractivity contribution is -0.134. The van der Waals surface area contributed by atoms with Gasteiger partial charge in [-0.1, -0.05) is 42.8 Å². The predicted molar refractivity (Wildman–Crippen MR) is 134 cm³/mol. The van der Waals surface area contributed by atoms with Gasteiger partial charge in [0.25, 0.3) is 5.91 Å². The van der Waals surface area contributed by atoms with Gasteiger partial charge in [0.15, 0.2) is 6.10 Å². The number of nitrogens with zero attached hydrogens (tertiary/aromatic N) is 1. The van der Waals surface area contributed by atoms with E-state index in [9.17, 15) is 9.59 Å². The molecule has 0 unspecified atom stereocenters. The third kappa shape index (κ3) is 5.37. The molecular weight excluding hydrogens is 440 g/mol. The number of nitrogens with one attached hydrogen (secondary N) is 1. The zero-order valence-corrected chi connectivity index (χ0v) is 20.8. The number of fused-ring (bicyclic) bond motifs is 1. The van der Waals surface area contributed by atoms with Crippen LogP contribution in [0.25, 0.3) is 0 Å². The number of amides is 2. The first-order valence-corrected chi connectivity index (χ1v) is 13.1.